The number of ether oxygens (including phenoxy) is 1. The van der Waals surface area contributed by atoms with Crippen LogP contribution in [0.2, 0.25) is 0 Å². The largest absolute Gasteiger partial charge is 0.475 e. The number of nitrogens with zero attached hydrogens (tertiary/aromatic N) is 3. The summed E-state index contributed by atoms with van der Waals surface area (Å²) in [6.07, 6.45) is 7.88. The van der Waals surface area contributed by atoms with E-state index in [1.807, 2.05) is 0 Å². The highest BCUT2D eigenvalue weighted by atomic mass is 16.5. The van der Waals surface area contributed by atoms with Gasteiger partial charge in [0.15, 0.2) is 0 Å². The van der Waals surface area contributed by atoms with Gasteiger partial charge in [-0.1, -0.05) is 19.3 Å². The van der Waals surface area contributed by atoms with E-state index in [9.17, 15) is 0 Å². The second kappa shape index (κ2) is 5.45. The quantitative estimate of drug-likeness (QED) is 0.779. The summed E-state index contributed by atoms with van der Waals surface area (Å²) in [5, 5.41) is 16.4. The first-order valence-corrected chi connectivity index (χ1v) is 5.74. The summed E-state index contributed by atoms with van der Waals surface area (Å²) in [5.74, 6) is 0.984. The van der Waals surface area contributed by atoms with E-state index in [4.69, 9.17) is 10.00 Å². The van der Waals surface area contributed by atoms with Gasteiger partial charge in [0.2, 0.25) is 0 Å². The average molecular weight is 217 g/mol. The topological polar surface area (TPSA) is 58.8 Å². The molecular formula is C12H15N3O. The fourth-order valence-corrected chi connectivity index (χ4v) is 2.06. The summed E-state index contributed by atoms with van der Waals surface area (Å²) in [6, 6.07) is 3.68. The highest BCUT2D eigenvalue weighted by Gasteiger charge is 2.15. The number of aromatic nitrogens is 2. The standard InChI is InChI=1S/C12H15N3O/c13-8-11-6-7-14-15-12(11)16-9-10-4-2-1-3-5-10/h6-7,10H,1-5,9H2. The molecule has 0 atom stereocenters. The summed E-state index contributed by atoms with van der Waals surface area (Å²) >= 11 is 0. The fraction of sp³-hybridized carbons (Fsp3) is 0.583. The Balaban J connectivity index is 1.91. The van der Waals surface area contributed by atoms with Crippen LogP contribution < -0.4 is 4.74 Å². The highest BCUT2D eigenvalue weighted by Crippen LogP contribution is 2.24. The van der Waals surface area contributed by atoms with E-state index in [-0.39, 0.29) is 0 Å². The summed E-state index contributed by atoms with van der Waals surface area (Å²) in [4.78, 5) is 0. The molecule has 1 heterocycles. The molecule has 0 spiro atoms. The lowest BCUT2D eigenvalue weighted by atomic mass is 9.90. The summed E-state index contributed by atoms with van der Waals surface area (Å²) in [6.45, 7) is 0.660. The van der Waals surface area contributed by atoms with E-state index >= 15 is 0 Å². The summed E-state index contributed by atoms with van der Waals surface area (Å²) < 4.78 is 5.57. The van der Waals surface area contributed by atoms with Crippen molar-refractivity contribution >= 4 is 0 Å². The van der Waals surface area contributed by atoms with Gasteiger partial charge in [-0.05, 0) is 24.8 Å². The van der Waals surface area contributed by atoms with Crippen LogP contribution in [0.25, 0.3) is 0 Å². The molecule has 0 amide bonds. The van der Waals surface area contributed by atoms with Crippen LogP contribution in [0.5, 0.6) is 5.88 Å². The zero-order valence-corrected chi connectivity index (χ0v) is 9.22. The van der Waals surface area contributed by atoms with Crippen LogP contribution in [0.15, 0.2) is 12.3 Å². The zero-order chi connectivity index (χ0) is 11.2. The lowest BCUT2D eigenvalue weighted by molar-refractivity contribution is 0.201. The van der Waals surface area contributed by atoms with Crippen LogP contribution in [0.4, 0.5) is 0 Å². The predicted molar refractivity (Wildman–Crippen MR) is 58.8 cm³/mol. The third kappa shape index (κ3) is 2.69. The molecule has 84 valence electrons. The first-order chi connectivity index (χ1) is 7.90. The maximum Gasteiger partial charge on any atom is 0.251 e. The van der Waals surface area contributed by atoms with Crippen molar-refractivity contribution in [3.05, 3.63) is 17.8 Å². The van der Waals surface area contributed by atoms with Crippen molar-refractivity contribution < 1.29 is 4.74 Å². The van der Waals surface area contributed by atoms with E-state index in [2.05, 4.69) is 16.3 Å². The van der Waals surface area contributed by atoms with Crippen molar-refractivity contribution in [3.63, 3.8) is 0 Å². The molecule has 16 heavy (non-hydrogen) atoms. The van der Waals surface area contributed by atoms with E-state index in [0.717, 1.165) is 0 Å². The molecule has 1 aliphatic rings. The Labute approximate surface area is 95.3 Å². The van der Waals surface area contributed by atoms with Gasteiger partial charge >= 0.3 is 0 Å². The van der Waals surface area contributed by atoms with E-state index in [0.29, 0.717) is 24.0 Å². The Bertz CT molecular complexity index is 380. The van der Waals surface area contributed by atoms with Gasteiger partial charge in [0.25, 0.3) is 5.88 Å². The Morgan fingerprint density at radius 1 is 1.38 bits per heavy atom. The second-order valence-corrected chi connectivity index (χ2v) is 4.18. The molecule has 1 fully saturated rings. The van der Waals surface area contributed by atoms with Crippen molar-refractivity contribution in [3.8, 4) is 11.9 Å². The van der Waals surface area contributed by atoms with Crippen LogP contribution >= 0.6 is 0 Å². The first-order valence-electron chi connectivity index (χ1n) is 5.74. The van der Waals surface area contributed by atoms with Crippen molar-refractivity contribution in [2.45, 2.75) is 32.1 Å². The van der Waals surface area contributed by atoms with Gasteiger partial charge in [0.1, 0.15) is 11.6 Å². The Kier molecular flexibility index (Phi) is 3.71. The Hall–Kier alpha value is -1.63. The molecule has 1 aliphatic carbocycles. The van der Waals surface area contributed by atoms with Gasteiger partial charge in [-0.2, -0.15) is 10.4 Å². The Morgan fingerprint density at radius 2 is 2.19 bits per heavy atom. The number of hydrogen-bond acceptors (Lipinski definition) is 4. The third-order valence-electron chi connectivity index (χ3n) is 2.99. The number of hydrogen-bond donors (Lipinski definition) is 0. The minimum atomic E-state index is 0.371. The lowest BCUT2D eigenvalue weighted by Gasteiger charge is -2.21. The normalized spacial score (nSPS) is 16.7. The molecule has 4 nitrogen and oxygen atoms in total. The van der Waals surface area contributed by atoms with Crippen LogP contribution in [0.3, 0.4) is 0 Å². The second-order valence-electron chi connectivity index (χ2n) is 4.18. The van der Waals surface area contributed by atoms with E-state index < -0.39 is 0 Å². The van der Waals surface area contributed by atoms with Gasteiger partial charge in [0.05, 0.1) is 12.8 Å². The lowest BCUT2D eigenvalue weighted by Crippen LogP contribution is -2.16. The molecule has 2 rings (SSSR count). The van der Waals surface area contributed by atoms with Crippen LogP contribution in [0, 0.1) is 17.2 Å². The van der Waals surface area contributed by atoms with Crippen LogP contribution in [-0.2, 0) is 0 Å². The summed E-state index contributed by atoms with van der Waals surface area (Å²) in [7, 11) is 0. The number of nitriles is 1. The molecule has 1 aromatic rings. The van der Waals surface area contributed by atoms with Gasteiger partial charge < -0.3 is 4.74 Å². The SMILES string of the molecule is N#Cc1ccnnc1OCC1CCCCC1. The van der Waals surface area contributed by atoms with Crippen molar-refractivity contribution in [1.82, 2.24) is 10.2 Å². The van der Waals surface area contributed by atoms with Gasteiger partial charge in [-0.15, -0.1) is 5.10 Å². The average Bonchev–Trinajstić information content (AvgIpc) is 2.38. The van der Waals surface area contributed by atoms with Crippen molar-refractivity contribution in [2.24, 2.45) is 5.92 Å². The van der Waals surface area contributed by atoms with Crippen LogP contribution in [-0.4, -0.2) is 16.8 Å². The van der Waals surface area contributed by atoms with Crippen molar-refractivity contribution in [2.75, 3.05) is 6.61 Å². The molecule has 0 aliphatic heterocycles. The Morgan fingerprint density at radius 3 is 2.94 bits per heavy atom. The van der Waals surface area contributed by atoms with Gasteiger partial charge in [0, 0.05) is 0 Å². The maximum absolute atomic E-state index is 8.86. The van der Waals surface area contributed by atoms with Crippen molar-refractivity contribution in [1.29, 1.82) is 5.26 Å². The minimum absolute atomic E-state index is 0.371. The highest BCUT2D eigenvalue weighted by molar-refractivity contribution is 5.35. The molecule has 0 saturated heterocycles. The monoisotopic (exact) mass is 217 g/mol. The molecule has 1 aromatic heterocycles. The predicted octanol–water partition coefficient (Wildman–Crippen LogP) is 2.31. The maximum atomic E-state index is 8.86. The van der Waals surface area contributed by atoms with E-state index in [1.165, 1.54) is 38.3 Å². The zero-order valence-electron chi connectivity index (χ0n) is 9.22. The molecule has 0 N–H and O–H groups in total. The molecule has 0 aromatic carbocycles. The summed E-state index contributed by atoms with van der Waals surface area (Å²) in [5.41, 5.74) is 0.464. The van der Waals surface area contributed by atoms with Crippen LogP contribution in [0.1, 0.15) is 37.7 Å². The third-order valence-corrected chi connectivity index (χ3v) is 2.99. The molecule has 0 unspecified atom stereocenters. The molecule has 4 heteroatoms. The molecular weight excluding hydrogens is 202 g/mol. The molecule has 0 bridgehead atoms. The van der Waals surface area contributed by atoms with Gasteiger partial charge in [-0.25, -0.2) is 0 Å². The smallest absolute Gasteiger partial charge is 0.251 e. The van der Waals surface area contributed by atoms with E-state index in [1.54, 1.807) is 6.07 Å². The molecule has 1 saturated carbocycles. The number of rotatable bonds is 3. The first kappa shape index (κ1) is 10.9. The molecule has 0 radical (unpaired) electrons. The van der Waals surface area contributed by atoms with Gasteiger partial charge in [-0.3, -0.25) is 0 Å². The fourth-order valence-electron chi connectivity index (χ4n) is 2.06. The minimum Gasteiger partial charge on any atom is -0.475 e.